The second-order valence-electron chi connectivity index (χ2n) is 7.90. The zero-order valence-electron chi connectivity index (χ0n) is 18.4. The summed E-state index contributed by atoms with van der Waals surface area (Å²) in [5.41, 5.74) is 3.89. The van der Waals surface area contributed by atoms with Crippen LogP contribution in [0.25, 0.3) is 0 Å². The van der Waals surface area contributed by atoms with Crippen molar-refractivity contribution < 1.29 is 9.53 Å². The first-order valence-corrected chi connectivity index (χ1v) is 11.2. The number of aromatic nitrogens is 3. The van der Waals surface area contributed by atoms with Crippen LogP contribution >= 0.6 is 11.6 Å². The van der Waals surface area contributed by atoms with Crippen molar-refractivity contribution in [3.05, 3.63) is 113 Å². The Hall–Kier alpha value is -4.10. The van der Waals surface area contributed by atoms with E-state index in [0.29, 0.717) is 28.9 Å². The SMILES string of the molecule is CC1=C(C(=O)Nc2ccccc2)C(c2ccc(OCc3cccc(Cl)c3)cc2)n2ncnc2N1. The van der Waals surface area contributed by atoms with Gasteiger partial charge in [-0.25, -0.2) is 4.68 Å². The maximum absolute atomic E-state index is 13.3. The number of nitrogens with zero attached hydrogens (tertiary/aromatic N) is 3. The van der Waals surface area contributed by atoms with Gasteiger partial charge in [-0.05, 0) is 54.4 Å². The number of anilines is 2. The van der Waals surface area contributed by atoms with Crippen LogP contribution in [0.3, 0.4) is 0 Å². The normalized spacial score (nSPS) is 14.8. The first kappa shape index (κ1) is 21.7. The Morgan fingerprint density at radius 1 is 1.09 bits per heavy atom. The molecule has 8 heteroatoms. The van der Waals surface area contributed by atoms with Gasteiger partial charge in [-0.2, -0.15) is 10.1 Å². The zero-order valence-corrected chi connectivity index (χ0v) is 19.2. The molecule has 0 radical (unpaired) electrons. The van der Waals surface area contributed by atoms with Crippen LogP contribution in [-0.4, -0.2) is 20.7 Å². The topological polar surface area (TPSA) is 81.1 Å². The molecule has 4 aromatic rings. The molecular formula is C26H22ClN5O2. The van der Waals surface area contributed by atoms with Gasteiger partial charge in [0.2, 0.25) is 5.95 Å². The van der Waals surface area contributed by atoms with Crippen LogP contribution in [0.1, 0.15) is 24.1 Å². The molecule has 0 aliphatic carbocycles. The molecule has 3 aromatic carbocycles. The first-order valence-electron chi connectivity index (χ1n) is 10.8. The van der Waals surface area contributed by atoms with Crippen LogP contribution in [0.4, 0.5) is 11.6 Å². The van der Waals surface area contributed by atoms with Gasteiger partial charge in [0.15, 0.2) is 0 Å². The van der Waals surface area contributed by atoms with Crippen molar-refractivity contribution in [2.45, 2.75) is 19.6 Å². The van der Waals surface area contributed by atoms with Crippen LogP contribution in [0.15, 0.2) is 96.5 Å². The lowest BCUT2D eigenvalue weighted by molar-refractivity contribution is -0.113. The predicted molar refractivity (Wildman–Crippen MR) is 132 cm³/mol. The monoisotopic (exact) mass is 471 g/mol. The molecule has 1 aliphatic rings. The van der Waals surface area contributed by atoms with Crippen molar-refractivity contribution in [1.82, 2.24) is 14.8 Å². The molecule has 1 amide bonds. The number of hydrogen-bond acceptors (Lipinski definition) is 5. The predicted octanol–water partition coefficient (Wildman–Crippen LogP) is 5.44. The van der Waals surface area contributed by atoms with E-state index < -0.39 is 6.04 Å². The Morgan fingerprint density at radius 3 is 2.65 bits per heavy atom. The number of ether oxygens (including phenoxy) is 1. The minimum atomic E-state index is -0.440. The lowest BCUT2D eigenvalue weighted by Gasteiger charge is -2.28. The van der Waals surface area contributed by atoms with Gasteiger partial charge < -0.3 is 15.4 Å². The van der Waals surface area contributed by atoms with Crippen LogP contribution in [0.2, 0.25) is 5.02 Å². The maximum atomic E-state index is 13.3. The van der Waals surface area contributed by atoms with E-state index >= 15 is 0 Å². The van der Waals surface area contributed by atoms with Gasteiger partial charge in [0.05, 0.1) is 5.57 Å². The first-order chi connectivity index (χ1) is 16.6. The summed E-state index contributed by atoms with van der Waals surface area (Å²) in [5, 5.41) is 11.2. The molecule has 0 fully saturated rings. The number of hydrogen-bond donors (Lipinski definition) is 2. The molecule has 5 rings (SSSR count). The third-order valence-corrected chi connectivity index (χ3v) is 5.80. The second-order valence-corrected chi connectivity index (χ2v) is 8.34. The third-order valence-electron chi connectivity index (χ3n) is 5.56. The van der Waals surface area contributed by atoms with Gasteiger partial charge in [-0.1, -0.05) is 54.1 Å². The average molecular weight is 472 g/mol. The number of benzene rings is 3. The lowest BCUT2D eigenvalue weighted by Crippen LogP contribution is -2.31. The highest BCUT2D eigenvalue weighted by molar-refractivity contribution is 6.30. The van der Waals surface area contributed by atoms with Gasteiger partial charge in [-0.3, -0.25) is 4.79 Å². The molecule has 1 atom stereocenters. The van der Waals surface area contributed by atoms with Crippen molar-refractivity contribution in [3.8, 4) is 5.75 Å². The average Bonchev–Trinajstić information content (AvgIpc) is 3.31. The van der Waals surface area contributed by atoms with Gasteiger partial charge in [0.25, 0.3) is 5.91 Å². The van der Waals surface area contributed by atoms with Gasteiger partial charge in [0.1, 0.15) is 24.7 Å². The fourth-order valence-electron chi connectivity index (χ4n) is 3.95. The molecule has 0 saturated heterocycles. The molecule has 7 nitrogen and oxygen atoms in total. The van der Waals surface area contributed by atoms with E-state index in [0.717, 1.165) is 22.5 Å². The van der Waals surface area contributed by atoms with Crippen molar-refractivity contribution in [1.29, 1.82) is 0 Å². The minimum absolute atomic E-state index is 0.205. The van der Waals surface area contributed by atoms with Crippen LogP contribution in [-0.2, 0) is 11.4 Å². The fourth-order valence-corrected chi connectivity index (χ4v) is 4.17. The highest BCUT2D eigenvalue weighted by atomic mass is 35.5. The zero-order chi connectivity index (χ0) is 23.5. The molecule has 170 valence electrons. The number of halogens is 1. The van der Waals surface area contributed by atoms with E-state index in [2.05, 4.69) is 20.7 Å². The number of rotatable bonds is 6. The minimum Gasteiger partial charge on any atom is -0.489 e. The molecule has 0 spiro atoms. The maximum Gasteiger partial charge on any atom is 0.255 e. The molecule has 2 N–H and O–H groups in total. The van der Waals surface area contributed by atoms with E-state index in [1.165, 1.54) is 6.33 Å². The number of allylic oxidation sites excluding steroid dienone is 1. The number of carbonyl (C=O) groups is 1. The number of nitrogens with one attached hydrogen (secondary N) is 2. The molecular weight excluding hydrogens is 450 g/mol. The Morgan fingerprint density at radius 2 is 1.88 bits per heavy atom. The van der Waals surface area contributed by atoms with Crippen molar-refractivity contribution in [2.75, 3.05) is 10.6 Å². The summed E-state index contributed by atoms with van der Waals surface area (Å²) in [6.45, 7) is 2.28. The number of fused-ring (bicyclic) bond motifs is 1. The van der Waals surface area contributed by atoms with Gasteiger partial charge in [-0.15, -0.1) is 0 Å². The van der Waals surface area contributed by atoms with Crippen LogP contribution in [0.5, 0.6) is 5.75 Å². The fraction of sp³-hybridized carbons (Fsp3) is 0.115. The number of para-hydroxylation sites is 1. The molecule has 34 heavy (non-hydrogen) atoms. The Kier molecular flexibility index (Phi) is 6.01. The van der Waals surface area contributed by atoms with Crippen LogP contribution < -0.4 is 15.4 Å². The summed E-state index contributed by atoms with van der Waals surface area (Å²) in [5.74, 6) is 1.09. The summed E-state index contributed by atoms with van der Waals surface area (Å²) in [7, 11) is 0. The molecule has 0 bridgehead atoms. The molecule has 1 unspecified atom stereocenters. The summed E-state index contributed by atoms with van der Waals surface area (Å²) in [4.78, 5) is 17.6. The Bertz CT molecular complexity index is 1350. The van der Waals surface area contributed by atoms with Crippen molar-refractivity contribution in [2.24, 2.45) is 0 Å². The van der Waals surface area contributed by atoms with Crippen molar-refractivity contribution in [3.63, 3.8) is 0 Å². The standard InChI is InChI=1S/C26H22ClN5O2/c1-17-23(25(33)31-21-8-3-2-4-9-21)24(32-26(30-17)28-16-29-32)19-10-12-22(13-11-19)34-15-18-6-5-7-20(27)14-18/h2-14,16,24H,15H2,1H3,(H,31,33)(H,28,29,30). The Labute approximate surface area is 202 Å². The highest BCUT2D eigenvalue weighted by Crippen LogP contribution is 2.35. The van der Waals surface area contributed by atoms with Gasteiger partial charge >= 0.3 is 0 Å². The van der Waals surface area contributed by atoms with E-state index in [-0.39, 0.29) is 5.91 Å². The molecule has 1 aromatic heterocycles. The van der Waals surface area contributed by atoms with Crippen molar-refractivity contribution >= 4 is 29.1 Å². The summed E-state index contributed by atoms with van der Waals surface area (Å²) < 4.78 is 7.64. The van der Waals surface area contributed by atoms with Crippen LogP contribution in [0, 0.1) is 0 Å². The van der Waals surface area contributed by atoms with Gasteiger partial charge in [0, 0.05) is 16.4 Å². The smallest absolute Gasteiger partial charge is 0.255 e. The van der Waals surface area contributed by atoms with E-state index in [9.17, 15) is 4.79 Å². The Balaban J connectivity index is 1.41. The molecule has 0 saturated carbocycles. The molecule has 2 heterocycles. The molecule has 1 aliphatic heterocycles. The van der Waals surface area contributed by atoms with E-state index in [1.807, 2.05) is 85.8 Å². The lowest BCUT2D eigenvalue weighted by atomic mass is 9.95. The largest absolute Gasteiger partial charge is 0.489 e. The van der Waals surface area contributed by atoms with E-state index in [4.69, 9.17) is 16.3 Å². The highest BCUT2D eigenvalue weighted by Gasteiger charge is 2.33. The summed E-state index contributed by atoms with van der Waals surface area (Å²) in [6.07, 6.45) is 1.48. The number of amides is 1. The summed E-state index contributed by atoms with van der Waals surface area (Å²) >= 11 is 6.06. The number of carbonyl (C=O) groups excluding carboxylic acids is 1. The summed E-state index contributed by atoms with van der Waals surface area (Å²) in [6, 6.07) is 24.2. The van der Waals surface area contributed by atoms with E-state index in [1.54, 1.807) is 4.68 Å². The third kappa shape index (κ3) is 4.51. The quantitative estimate of drug-likeness (QED) is 0.391. The second kappa shape index (κ2) is 9.41.